The van der Waals surface area contributed by atoms with Crippen LogP contribution in [0.15, 0.2) is 48.5 Å². The Kier molecular flexibility index (Phi) is 4.90. The minimum Gasteiger partial charge on any atom is -0.508 e. The molecule has 0 spiro atoms. The summed E-state index contributed by atoms with van der Waals surface area (Å²) in [6.45, 7) is 0.385. The summed E-state index contributed by atoms with van der Waals surface area (Å²) in [6.07, 6.45) is 0.582. The van der Waals surface area contributed by atoms with Gasteiger partial charge in [-0.2, -0.15) is 0 Å². The normalized spacial score (nSPS) is 12.0. The van der Waals surface area contributed by atoms with Gasteiger partial charge in [-0.15, -0.1) is 0 Å². The molecule has 0 saturated heterocycles. The van der Waals surface area contributed by atoms with Gasteiger partial charge in [0, 0.05) is 12.1 Å². The second-order valence-electron chi connectivity index (χ2n) is 4.66. The van der Waals surface area contributed by atoms with E-state index >= 15 is 0 Å². The van der Waals surface area contributed by atoms with E-state index in [-0.39, 0.29) is 11.3 Å². The Morgan fingerprint density at radius 3 is 2.43 bits per heavy atom. The maximum atomic E-state index is 13.7. The van der Waals surface area contributed by atoms with E-state index < -0.39 is 17.8 Å². The molecular formula is C16H16FNO3. The van der Waals surface area contributed by atoms with Crippen molar-refractivity contribution < 1.29 is 19.4 Å². The molecule has 21 heavy (non-hydrogen) atoms. The van der Waals surface area contributed by atoms with Gasteiger partial charge < -0.3 is 15.5 Å². The molecule has 1 unspecified atom stereocenters. The van der Waals surface area contributed by atoms with Crippen LogP contribution in [0.2, 0.25) is 0 Å². The van der Waals surface area contributed by atoms with E-state index in [1.165, 1.54) is 18.2 Å². The van der Waals surface area contributed by atoms with Crippen LogP contribution in [0.4, 0.5) is 4.39 Å². The number of aromatic hydroxyl groups is 1. The minimum atomic E-state index is -1.12. The molecule has 2 aromatic rings. The minimum absolute atomic E-state index is 0.121. The van der Waals surface area contributed by atoms with Crippen LogP contribution in [-0.4, -0.2) is 22.7 Å². The zero-order valence-electron chi connectivity index (χ0n) is 11.3. The van der Waals surface area contributed by atoms with E-state index in [1.54, 1.807) is 30.3 Å². The summed E-state index contributed by atoms with van der Waals surface area (Å²) >= 11 is 0. The number of carboxylic acid groups (broad SMARTS) is 1. The number of phenols is 1. The topological polar surface area (TPSA) is 69.6 Å². The molecule has 2 rings (SSSR count). The number of aliphatic carboxylic acids is 1. The standard InChI is InChI=1S/C16H16FNO3/c17-14-4-2-1-3-13(14)15(16(20)21)18-10-9-11-5-7-12(19)8-6-11/h1-8,15,18-19H,9-10H2,(H,20,21). The van der Waals surface area contributed by atoms with Crippen molar-refractivity contribution in [3.05, 3.63) is 65.5 Å². The molecule has 2 aromatic carbocycles. The van der Waals surface area contributed by atoms with Crippen LogP contribution in [0.3, 0.4) is 0 Å². The van der Waals surface area contributed by atoms with Gasteiger partial charge in [-0.05, 0) is 30.2 Å². The summed E-state index contributed by atoms with van der Waals surface area (Å²) in [6, 6.07) is 11.4. The van der Waals surface area contributed by atoms with Crippen molar-refractivity contribution in [3.8, 4) is 5.75 Å². The fourth-order valence-corrected chi connectivity index (χ4v) is 2.06. The Bertz CT molecular complexity index is 613. The number of hydrogen-bond donors (Lipinski definition) is 3. The fourth-order valence-electron chi connectivity index (χ4n) is 2.06. The lowest BCUT2D eigenvalue weighted by Gasteiger charge is -2.15. The van der Waals surface area contributed by atoms with E-state index in [0.29, 0.717) is 13.0 Å². The van der Waals surface area contributed by atoms with Crippen molar-refractivity contribution in [2.24, 2.45) is 0 Å². The molecule has 0 aromatic heterocycles. The van der Waals surface area contributed by atoms with Crippen molar-refractivity contribution in [3.63, 3.8) is 0 Å². The predicted octanol–water partition coefficient (Wildman–Crippen LogP) is 2.49. The molecule has 0 radical (unpaired) electrons. The van der Waals surface area contributed by atoms with E-state index in [2.05, 4.69) is 5.32 Å². The van der Waals surface area contributed by atoms with Gasteiger partial charge in [-0.1, -0.05) is 30.3 Å². The average Bonchev–Trinajstić information content (AvgIpc) is 2.46. The Hall–Kier alpha value is -2.40. The molecule has 0 aliphatic heterocycles. The number of nitrogens with one attached hydrogen (secondary N) is 1. The molecule has 1 atom stereocenters. The summed E-state index contributed by atoms with van der Waals surface area (Å²) < 4.78 is 13.7. The first kappa shape index (κ1) is 15.0. The third-order valence-corrected chi connectivity index (χ3v) is 3.16. The third kappa shape index (κ3) is 4.03. The van der Waals surface area contributed by atoms with Crippen LogP contribution < -0.4 is 5.32 Å². The predicted molar refractivity (Wildman–Crippen MR) is 76.6 cm³/mol. The molecule has 0 aliphatic carbocycles. The molecule has 0 heterocycles. The van der Waals surface area contributed by atoms with Crippen molar-refractivity contribution in [2.45, 2.75) is 12.5 Å². The second-order valence-corrected chi connectivity index (χ2v) is 4.66. The highest BCUT2D eigenvalue weighted by atomic mass is 19.1. The average molecular weight is 289 g/mol. The van der Waals surface area contributed by atoms with Crippen molar-refractivity contribution in [1.82, 2.24) is 5.32 Å². The number of hydrogen-bond acceptors (Lipinski definition) is 3. The molecular weight excluding hydrogens is 273 g/mol. The number of halogens is 1. The largest absolute Gasteiger partial charge is 0.508 e. The molecule has 3 N–H and O–H groups in total. The molecule has 0 bridgehead atoms. The molecule has 0 aliphatic rings. The summed E-state index contributed by atoms with van der Waals surface area (Å²) in [7, 11) is 0. The maximum absolute atomic E-state index is 13.7. The van der Waals surface area contributed by atoms with E-state index in [9.17, 15) is 19.4 Å². The lowest BCUT2D eigenvalue weighted by molar-refractivity contribution is -0.139. The summed E-state index contributed by atoms with van der Waals surface area (Å²) in [5.74, 6) is -1.48. The van der Waals surface area contributed by atoms with Gasteiger partial charge in [0.2, 0.25) is 0 Å². The SMILES string of the molecule is O=C(O)C(NCCc1ccc(O)cc1)c1ccccc1F. The Morgan fingerprint density at radius 2 is 1.81 bits per heavy atom. The molecule has 110 valence electrons. The monoisotopic (exact) mass is 289 g/mol. The molecule has 0 amide bonds. The fraction of sp³-hybridized carbons (Fsp3) is 0.188. The number of carbonyl (C=O) groups is 1. The maximum Gasteiger partial charge on any atom is 0.325 e. The van der Waals surface area contributed by atoms with Gasteiger partial charge >= 0.3 is 5.97 Å². The first-order chi connectivity index (χ1) is 10.1. The summed E-state index contributed by atoms with van der Waals surface area (Å²) in [5, 5.41) is 21.2. The van der Waals surface area contributed by atoms with E-state index in [0.717, 1.165) is 5.56 Å². The van der Waals surface area contributed by atoms with Crippen molar-refractivity contribution >= 4 is 5.97 Å². The zero-order chi connectivity index (χ0) is 15.2. The lowest BCUT2D eigenvalue weighted by atomic mass is 10.1. The van der Waals surface area contributed by atoms with Crippen LogP contribution in [-0.2, 0) is 11.2 Å². The molecule has 5 heteroatoms. The number of rotatable bonds is 6. The van der Waals surface area contributed by atoms with Crippen molar-refractivity contribution in [1.29, 1.82) is 0 Å². The van der Waals surface area contributed by atoms with Crippen molar-refractivity contribution in [2.75, 3.05) is 6.54 Å². The lowest BCUT2D eigenvalue weighted by Crippen LogP contribution is -2.30. The van der Waals surface area contributed by atoms with Crippen LogP contribution in [0.1, 0.15) is 17.2 Å². The number of phenolic OH excluding ortho intramolecular Hbond substituents is 1. The van der Waals surface area contributed by atoms with Crippen LogP contribution in [0.25, 0.3) is 0 Å². The van der Waals surface area contributed by atoms with Gasteiger partial charge in [0.05, 0.1) is 0 Å². The smallest absolute Gasteiger partial charge is 0.325 e. The van der Waals surface area contributed by atoms with E-state index in [4.69, 9.17) is 0 Å². The van der Waals surface area contributed by atoms with Crippen LogP contribution >= 0.6 is 0 Å². The van der Waals surface area contributed by atoms with Gasteiger partial charge in [-0.25, -0.2) is 4.39 Å². The Balaban J connectivity index is 2.00. The highest BCUT2D eigenvalue weighted by Crippen LogP contribution is 2.17. The summed E-state index contributed by atoms with van der Waals surface area (Å²) in [4.78, 5) is 11.3. The van der Waals surface area contributed by atoms with Crippen LogP contribution in [0, 0.1) is 5.82 Å². The summed E-state index contributed by atoms with van der Waals surface area (Å²) in [5.41, 5.74) is 1.08. The van der Waals surface area contributed by atoms with Gasteiger partial charge in [0.25, 0.3) is 0 Å². The van der Waals surface area contributed by atoms with Gasteiger partial charge in [0.15, 0.2) is 0 Å². The first-order valence-electron chi connectivity index (χ1n) is 6.56. The first-order valence-corrected chi connectivity index (χ1v) is 6.56. The Labute approximate surface area is 121 Å². The van der Waals surface area contributed by atoms with Gasteiger partial charge in [0.1, 0.15) is 17.6 Å². The quantitative estimate of drug-likeness (QED) is 0.764. The number of benzene rings is 2. The van der Waals surface area contributed by atoms with Crippen LogP contribution in [0.5, 0.6) is 5.75 Å². The van der Waals surface area contributed by atoms with Gasteiger partial charge in [-0.3, -0.25) is 4.79 Å². The molecule has 4 nitrogen and oxygen atoms in total. The molecule has 0 fully saturated rings. The highest BCUT2D eigenvalue weighted by molar-refractivity contribution is 5.75. The number of carboxylic acids is 1. The zero-order valence-corrected chi connectivity index (χ0v) is 11.3. The highest BCUT2D eigenvalue weighted by Gasteiger charge is 2.21. The second kappa shape index (κ2) is 6.85. The molecule has 0 saturated carbocycles. The van der Waals surface area contributed by atoms with E-state index in [1.807, 2.05) is 0 Å². The third-order valence-electron chi connectivity index (χ3n) is 3.16. The Morgan fingerprint density at radius 1 is 1.14 bits per heavy atom.